The molecule has 4 rings (SSSR count). The second kappa shape index (κ2) is 9.33. The molecule has 1 saturated heterocycles. The molecule has 2 unspecified atom stereocenters. The van der Waals surface area contributed by atoms with Gasteiger partial charge in [0.25, 0.3) is 10.0 Å². The lowest BCUT2D eigenvalue weighted by Crippen LogP contribution is -2.54. The molecule has 0 bridgehead atoms. The van der Waals surface area contributed by atoms with Crippen LogP contribution in [0.1, 0.15) is 36.0 Å². The van der Waals surface area contributed by atoms with Gasteiger partial charge in [-0.2, -0.15) is 0 Å². The predicted octanol–water partition coefficient (Wildman–Crippen LogP) is 2.24. The van der Waals surface area contributed by atoms with Crippen molar-refractivity contribution < 1.29 is 22.8 Å². The standard InChI is InChI=1S/C25H30N4O5S/c1-15-11-16(2)23(17(3)12-15)35(33,34)29-20-9-5-4-8-19(20)27-25(32)21(29)13-22(30)28-10-6-7-18(14-28)24(26)31/h4-5,8-9,11-12,18,21H,6-7,10,13-14H2,1-3H3,(H2,26,31)(H,27,32). The average Bonchev–Trinajstić information content (AvgIpc) is 2.78. The zero-order chi connectivity index (χ0) is 25.5. The zero-order valence-electron chi connectivity index (χ0n) is 20.1. The zero-order valence-corrected chi connectivity index (χ0v) is 20.9. The number of nitrogens with two attached hydrogens (primary N) is 1. The van der Waals surface area contributed by atoms with Crippen LogP contribution >= 0.6 is 0 Å². The van der Waals surface area contributed by atoms with Crippen LogP contribution in [0.4, 0.5) is 11.4 Å². The summed E-state index contributed by atoms with van der Waals surface area (Å²) in [6, 6.07) is 8.93. The molecule has 2 atom stereocenters. The number of piperidine rings is 1. The van der Waals surface area contributed by atoms with Crippen LogP contribution in [0, 0.1) is 26.7 Å². The number of aryl methyl sites for hydroxylation is 3. The summed E-state index contributed by atoms with van der Waals surface area (Å²) in [6.45, 7) is 5.93. The summed E-state index contributed by atoms with van der Waals surface area (Å²) in [6.07, 6.45) is 0.862. The molecule has 2 heterocycles. The van der Waals surface area contributed by atoms with Gasteiger partial charge in [-0.25, -0.2) is 8.42 Å². The Morgan fingerprint density at radius 2 is 1.77 bits per heavy atom. The third-order valence-corrected chi connectivity index (χ3v) is 8.78. The summed E-state index contributed by atoms with van der Waals surface area (Å²) in [5.74, 6) is -1.90. The number of para-hydroxylation sites is 2. The van der Waals surface area contributed by atoms with E-state index in [1.807, 2.05) is 6.92 Å². The highest BCUT2D eigenvalue weighted by molar-refractivity contribution is 7.93. The Balaban J connectivity index is 1.76. The van der Waals surface area contributed by atoms with Crippen LogP contribution in [0.5, 0.6) is 0 Å². The van der Waals surface area contributed by atoms with E-state index in [2.05, 4.69) is 5.32 Å². The molecule has 9 nitrogen and oxygen atoms in total. The van der Waals surface area contributed by atoms with Crippen molar-refractivity contribution in [2.24, 2.45) is 11.7 Å². The second-order valence-electron chi connectivity index (χ2n) is 9.34. The van der Waals surface area contributed by atoms with Gasteiger partial charge in [0.15, 0.2) is 0 Å². The van der Waals surface area contributed by atoms with E-state index in [0.29, 0.717) is 41.9 Å². The summed E-state index contributed by atoms with van der Waals surface area (Å²) in [5, 5.41) is 2.75. The molecule has 1 fully saturated rings. The fourth-order valence-corrected chi connectivity index (χ4v) is 7.19. The Labute approximate surface area is 205 Å². The number of hydrogen-bond donors (Lipinski definition) is 2. The van der Waals surface area contributed by atoms with Crippen molar-refractivity contribution in [3.05, 3.63) is 53.1 Å². The fourth-order valence-electron chi connectivity index (χ4n) is 5.14. The van der Waals surface area contributed by atoms with Crippen molar-refractivity contribution in [1.82, 2.24) is 4.90 Å². The lowest BCUT2D eigenvalue weighted by atomic mass is 9.96. The van der Waals surface area contributed by atoms with Gasteiger partial charge in [-0.1, -0.05) is 29.8 Å². The Hall–Kier alpha value is -3.40. The first kappa shape index (κ1) is 24.7. The van der Waals surface area contributed by atoms with E-state index in [-0.39, 0.29) is 17.9 Å². The normalized spacial score (nSPS) is 20.3. The van der Waals surface area contributed by atoms with Crippen molar-refractivity contribution in [1.29, 1.82) is 0 Å². The molecule has 0 saturated carbocycles. The van der Waals surface area contributed by atoms with Gasteiger partial charge in [0.2, 0.25) is 17.7 Å². The van der Waals surface area contributed by atoms with Crippen LogP contribution in [-0.4, -0.2) is 50.2 Å². The molecule has 10 heteroatoms. The number of sulfonamides is 1. The predicted molar refractivity (Wildman–Crippen MR) is 132 cm³/mol. The van der Waals surface area contributed by atoms with Crippen LogP contribution in [0.2, 0.25) is 0 Å². The maximum absolute atomic E-state index is 14.1. The van der Waals surface area contributed by atoms with E-state index >= 15 is 0 Å². The number of rotatable bonds is 5. The van der Waals surface area contributed by atoms with Gasteiger partial charge in [-0.15, -0.1) is 0 Å². The number of carbonyl (C=O) groups is 3. The lowest BCUT2D eigenvalue weighted by molar-refractivity contribution is -0.136. The van der Waals surface area contributed by atoms with Crippen LogP contribution in [0.3, 0.4) is 0 Å². The Morgan fingerprint density at radius 3 is 2.43 bits per heavy atom. The van der Waals surface area contributed by atoms with Crippen LogP contribution in [0.25, 0.3) is 0 Å². The quantitative estimate of drug-likeness (QED) is 0.653. The molecular formula is C25H30N4O5S. The summed E-state index contributed by atoms with van der Waals surface area (Å²) in [4.78, 5) is 39.7. The number of primary amides is 1. The van der Waals surface area contributed by atoms with Gasteiger partial charge in [0.1, 0.15) is 6.04 Å². The Kier molecular flexibility index (Phi) is 6.59. The molecule has 35 heavy (non-hydrogen) atoms. The molecule has 0 aromatic heterocycles. The Morgan fingerprint density at radius 1 is 1.11 bits per heavy atom. The molecule has 0 spiro atoms. The van der Waals surface area contributed by atoms with Crippen molar-refractivity contribution in [2.45, 2.75) is 51.0 Å². The monoisotopic (exact) mass is 498 g/mol. The molecule has 0 aliphatic carbocycles. The minimum absolute atomic E-state index is 0.122. The van der Waals surface area contributed by atoms with Gasteiger partial charge in [-0.3, -0.25) is 18.7 Å². The maximum Gasteiger partial charge on any atom is 0.265 e. The van der Waals surface area contributed by atoms with E-state index in [1.54, 1.807) is 50.2 Å². The summed E-state index contributed by atoms with van der Waals surface area (Å²) >= 11 is 0. The van der Waals surface area contributed by atoms with Gasteiger partial charge < -0.3 is 16.0 Å². The number of nitrogens with one attached hydrogen (secondary N) is 1. The molecule has 2 aromatic rings. The number of hydrogen-bond acceptors (Lipinski definition) is 5. The highest BCUT2D eigenvalue weighted by Crippen LogP contribution is 2.39. The van der Waals surface area contributed by atoms with E-state index in [1.165, 1.54) is 4.90 Å². The molecular weight excluding hydrogens is 468 g/mol. The minimum atomic E-state index is -4.21. The minimum Gasteiger partial charge on any atom is -0.369 e. The largest absolute Gasteiger partial charge is 0.369 e. The number of anilines is 2. The second-order valence-corrected chi connectivity index (χ2v) is 11.1. The van der Waals surface area contributed by atoms with E-state index < -0.39 is 39.7 Å². The van der Waals surface area contributed by atoms with Crippen LogP contribution < -0.4 is 15.4 Å². The topological polar surface area (TPSA) is 130 Å². The van der Waals surface area contributed by atoms with E-state index in [0.717, 1.165) is 9.87 Å². The van der Waals surface area contributed by atoms with Gasteiger partial charge >= 0.3 is 0 Å². The molecule has 3 amide bonds. The third kappa shape index (κ3) is 4.62. The number of nitrogens with zero attached hydrogens (tertiary/aromatic N) is 2. The van der Waals surface area contributed by atoms with E-state index in [9.17, 15) is 22.8 Å². The molecule has 3 N–H and O–H groups in total. The van der Waals surface area contributed by atoms with Crippen molar-refractivity contribution >= 4 is 39.1 Å². The number of amides is 3. The average molecular weight is 499 g/mol. The Bertz CT molecular complexity index is 1280. The summed E-state index contributed by atoms with van der Waals surface area (Å²) < 4.78 is 29.3. The molecule has 0 radical (unpaired) electrons. The highest BCUT2D eigenvalue weighted by atomic mass is 32.2. The third-order valence-electron chi connectivity index (χ3n) is 6.65. The first-order chi connectivity index (χ1) is 16.5. The van der Waals surface area contributed by atoms with Crippen molar-refractivity contribution in [2.75, 3.05) is 22.7 Å². The number of carbonyl (C=O) groups excluding carboxylic acids is 3. The number of fused-ring (bicyclic) bond motifs is 1. The molecule has 186 valence electrons. The van der Waals surface area contributed by atoms with Crippen LogP contribution in [0.15, 0.2) is 41.3 Å². The first-order valence-electron chi connectivity index (χ1n) is 11.6. The SMILES string of the molecule is Cc1cc(C)c(S(=O)(=O)N2c3ccccc3NC(=O)C2CC(=O)N2CCCC(C(N)=O)C2)c(C)c1. The van der Waals surface area contributed by atoms with Gasteiger partial charge in [-0.05, 0) is 56.9 Å². The molecule has 2 aliphatic heterocycles. The molecule has 2 aliphatic rings. The maximum atomic E-state index is 14.1. The fraction of sp³-hybridized carbons (Fsp3) is 0.400. The highest BCUT2D eigenvalue weighted by Gasteiger charge is 2.43. The summed E-state index contributed by atoms with van der Waals surface area (Å²) in [5.41, 5.74) is 8.17. The lowest BCUT2D eigenvalue weighted by Gasteiger charge is -2.39. The van der Waals surface area contributed by atoms with Gasteiger partial charge in [0.05, 0.1) is 28.6 Å². The first-order valence-corrected chi connectivity index (χ1v) is 13.0. The van der Waals surface area contributed by atoms with Crippen LogP contribution in [-0.2, 0) is 24.4 Å². The summed E-state index contributed by atoms with van der Waals surface area (Å²) in [7, 11) is -4.21. The number of benzene rings is 2. The molecule has 2 aromatic carbocycles. The van der Waals surface area contributed by atoms with Crippen molar-refractivity contribution in [3.63, 3.8) is 0 Å². The van der Waals surface area contributed by atoms with Gasteiger partial charge in [0, 0.05) is 13.1 Å². The smallest absolute Gasteiger partial charge is 0.265 e. The number of likely N-dealkylation sites (tertiary alicyclic amines) is 1. The van der Waals surface area contributed by atoms with Crippen molar-refractivity contribution in [3.8, 4) is 0 Å². The van der Waals surface area contributed by atoms with E-state index in [4.69, 9.17) is 5.73 Å².